The Balaban J connectivity index is 1.85. The van der Waals surface area contributed by atoms with E-state index in [0.717, 1.165) is 47.8 Å². The molecule has 8 heteroatoms. The molecule has 2 aromatic heterocycles. The molecule has 1 aromatic carbocycles. The summed E-state index contributed by atoms with van der Waals surface area (Å²) in [5.74, 6) is -0.0747. The maximum Gasteiger partial charge on any atom is 0.426 e. The molecule has 0 unspecified atom stereocenters. The van der Waals surface area contributed by atoms with E-state index in [9.17, 15) is 8.78 Å². The number of unbranched alkanes of at least 4 members (excludes halogenated alkanes) is 1. The lowest BCUT2D eigenvalue weighted by Gasteiger charge is -2.10. The van der Waals surface area contributed by atoms with E-state index in [0.29, 0.717) is 17.0 Å². The normalized spacial score (nSPS) is 14.2. The molecule has 0 amide bonds. The van der Waals surface area contributed by atoms with Crippen LogP contribution >= 0.6 is 11.8 Å². The van der Waals surface area contributed by atoms with Crippen molar-refractivity contribution >= 4 is 28.7 Å². The standard InChI is InChI=1S/C19H22F2N5S/c1-3-4-7-27-19-23-17(22)16-18(24-19)25(2)10-26(16)15-9-14(21)13(20)8-12(15)11-5-6-11/h8-11H,3-7H2,1-2H3,(H2,22,23,24)/q+1/p+1. The first-order chi connectivity index (χ1) is 13.0. The summed E-state index contributed by atoms with van der Waals surface area (Å²) in [5, 5.41) is 0.759. The van der Waals surface area contributed by atoms with Crippen LogP contribution in [0.15, 0.2) is 23.6 Å². The Hall–Kier alpha value is -2.22. The Morgan fingerprint density at radius 1 is 1.33 bits per heavy atom. The van der Waals surface area contributed by atoms with Crippen LogP contribution in [0.5, 0.6) is 0 Å². The van der Waals surface area contributed by atoms with Crippen molar-refractivity contribution in [3.05, 3.63) is 35.7 Å². The molecule has 1 fully saturated rings. The second kappa shape index (κ2) is 7.07. The molecule has 142 valence electrons. The number of fused-ring (bicyclic) bond motifs is 1. The molecular formula is C19H23F2N5S+2. The van der Waals surface area contributed by atoms with Crippen molar-refractivity contribution in [3.8, 4) is 5.69 Å². The zero-order chi connectivity index (χ0) is 19.1. The molecular weight excluding hydrogens is 368 g/mol. The number of nitrogens with zero attached hydrogens (tertiary/aromatic N) is 3. The summed E-state index contributed by atoms with van der Waals surface area (Å²) < 4.78 is 31.6. The Kier molecular flexibility index (Phi) is 4.75. The van der Waals surface area contributed by atoms with Gasteiger partial charge in [-0.05, 0) is 48.6 Å². The summed E-state index contributed by atoms with van der Waals surface area (Å²) in [6, 6.07) is 2.57. The van der Waals surface area contributed by atoms with Gasteiger partial charge in [0.25, 0.3) is 0 Å². The topological polar surface area (TPSA) is 61.9 Å². The van der Waals surface area contributed by atoms with Crippen LogP contribution in [0.3, 0.4) is 0 Å². The van der Waals surface area contributed by atoms with Crippen molar-refractivity contribution in [2.24, 2.45) is 7.05 Å². The first kappa shape index (κ1) is 18.2. The molecule has 1 saturated carbocycles. The predicted octanol–water partition coefficient (Wildman–Crippen LogP) is 3.29. The van der Waals surface area contributed by atoms with Gasteiger partial charge in [0.05, 0.1) is 5.69 Å². The van der Waals surface area contributed by atoms with Crippen molar-refractivity contribution in [2.45, 2.75) is 43.7 Å². The van der Waals surface area contributed by atoms with Gasteiger partial charge in [-0.2, -0.15) is 9.55 Å². The average Bonchev–Trinajstić information content (AvgIpc) is 3.42. The molecule has 4 rings (SSSR count). The molecule has 1 aliphatic rings. The van der Waals surface area contributed by atoms with Crippen molar-refractivity contribution in [1.29, 1.82) is 0 Å². The van der Waals surface area contributed by atoms with Gasteiger partial charge in [0.1, 0.15) is 7.05 Å². The number of thioether (sulfide) groups is 1. The molecule has 3 N–H and O–H groups in total. The highest BCUT2D eigenvalue weighted by Gasteiger charge is 2.32. The summed E-state index contributed by atoms with van der Waals surface area (Å²) in [4.78, 5) is 7.81. The number of aryl methyl sites for hydroxylation is 1. The van der Waals surface area contributed by atoms with Crippen molar-refractivity contribution in [3.63, 3.8) is 0 Å². The molecule has 0 radical (unpaired) electrons. The highest BCUT2D eigenvalue weighted by Crippen LogP contribution is 2.43. The number of nitrogen functional groups attached to an aromatic ring is 1. The number of aromatic amines is 1. The van der Waals surface area contributed by atoms with Gasteiger partial charge in [-0.25, -0.2) is 8.78 Å². The van der Waals surface area contributed by atoms with Crippen LogP contribution < -0.4 is 15.3 Å². The van der Waals surface area contributed by atoms with E-state index in [1.807, 2.05) is 22.5 Å². The zero-order valence-corrected chi connectivity index (χ0v) is 16.2. The summed E-state index contributed by atoms with van der Waals surface area (Å²) in [6.45, 7) is 2.15. The van der Waals surface area contributed by atoms with Crippen molar-refractivity contribution < 1.29 is 18.3 Å². The number of hydrogen-bond donors (Lipinski definition) is 1. The van der Waals surface area contributed by atoms with Gasteiger partial charge in [0.15, 0.2) is 18.0 Å². The fourth-order valence-electron chi connectivity index (χ4n) is 3.30. The van der Waals surface area contributed by atoms with Gasteiger partial charge in [0.2, 0.25) is 5.52 Å². The number of imidazole rings is 1. The van der Waals surface area contributed by atoms with Crippen LogP contribution in [0.4, 0.5) is 14.6 Å². The van der Waals surface area contributed by atoms with Crippen molar-refractivity contribution in [1.82, 2.24) is 9.55 Å². The van der Waals surface area contributed by atoms with Crippen LogP contribution in [-0.4, -0.2) is 15.3 Å². The largest absolute Gasteiger partial charge is 0.426 e. The van der Waals surface area contributed by atoms with Crippen LogP contribution in [0.25, 0.3) is 16.9 Å². The third kappa shape index (κ3) is 3.38. The number of nitrogens with one attached hydrogen (secondary N) is 1. The van der Waals surface area contributed by atoms with E-state index in [2.05, 4.69) is 16.9 Å². The van der Waals surface area contributed by atoms with Gasteiger partial charge in [0, 0.05) is 16.8 Å². The molecule has 0 saturated heterocycles. The Bertz CT molecular complexity index is 1010. The van der Waals surface area contributed by atoms with Gasteiger partial charge in [-0.3, -0.25) is 4.57 Å². The van der Waals surface area contributed by atoms with E-state index in [4.69, 9.17) is 5.73 Å². The van der Waals surface area contributed by atoms with E-state index in [1.165, 1.54) is 12.1 Å². The maximum atomic E-state index is 14.0. The number of nitrogens with two attached hydrogens (primary N) is 1. The second-order valence-corrected chi connectivity index (χ2v) is 8.11. The first-order valence-corrected chi connectivity index (χ1v) is 10.2. The number of halogens is 2. The number of hydrogen-bond acceptors (Lipinski definition) is 3. The molecule has 0 bridgehead atoms. The Morgan fingerprint density at radius 2 is 2.07 bits per heavy atom. The highest BCUT2D eigenvalue weighted by atomic mass is 32.2. The summed E-state index contributed by atoms with van der Waals surface area (Å²) in [5.41, 5.74) is 9.18. The molecule has 0 atom stereocenters. The second-order valence-electron chi connectivity index (χ2n) is 7.02. The average molecular weight is 391 g/mol. The molecule has 1 aliphatic carbocycles. The molecule has 3 aromatic rings. The third-order valence-electron chi connectivity index (χ3n) is 4.88. The number of benzene rings is 1. The summed E-state index contributed by atoms with van der Waals surface area (Å²) >= 11 is 1.63. The molecule has 5 nitrogen and oxygen atoms in total. The van der Waals surface area contributed by atoms with E-state index < -0.39 is 11.6 Å². The van der Waals surface area contributed by atoms with Gasteiger partial charge < -0.3 is 5.73 Å². The number of anilines is 1. The molecule has 27 heavy (non-hydrogen) atoms. The number of aromatic nitrogens is 4. The van der Waals surface area contributed by atoms with Gasteiger partial charge in [-0.15, -0.1) is 0 Å². The van der Waals surface area contributed by atoms with Crippen LogP contribution in [0.2, 0.25) is 0 Å². The zero-order valence-electron chi connectivity index (χ0n) is 15.4. The molecule has 2 heterocycles. The van der Waals surface area contributed by atoms with E-state index >= 15 is 0 Å². The quantitative estimate of drug-likeness (QED) is 0.304. The smallest absolute Gasteiger partial charge is 0.353 e. The Labute approximate surface area is 160 Å². The lowest BCUT2D eigenvalue weighted by atomic mass is 10.1. The summed E-state index contributed by atoms with van der Waals surface area (Å²) in [7, 11) is 1.89. The maximum absolute atomic E-state index is 14.0. The fraction of sp³-hybridized carbons (Fsp3) is 0.421. The van der Waals surface area contributed by atoms with Crippen LogP contribution in [-0.2, 0) is 7.05 Å². The number of rotatable bonds is 6. The minimum atomic E-state index is -0.860. The van der Waals surface area contributed by atoms with Gasteiger partial charge in [-0.1, -0.05) is 13.3 Å². The first-order valence-electron chi connectivity index (χ1n) is 9.21. The lowest BCUT2D eigenvalue weighted by molar-refractivity contribution is -0.687. The van der Waals surface area contributed by atoms with E-state index in [-0.39, 0.29) is 5.92 Å². The molecule has 0 aliphatic heterocycles. The minimum absolute atomic E-state index is 0.264. The lowest BCUT2D eigenvalue weighted by Crippen LogP contribution is -2.32. The van der Waals surface area contributed by atoms with Crippen LogP contribution in [0.1, 0.15) is 44.1 Å². The van der Waals surface area contributed by atoms with Crippen LogP contribution in [0, 0.1) is 11.6 Å². The van der Waals surface area contributed by atoms with E-state index in [1.54, 1.807) is 11.8 Å². The number of H-pyrrole nitrogens is 1. The summed E-state index contributed by atoms with van der Waals surface area (Å²) in [6.07, 6.45) is 6.03. The predicted molar refractivity (Wildman–Crippen MR) is 101 cm³/mol. The SMILES string of the molecule is CCCCSc1nc(N)c2c([nH+]1)[n+](C)cn2-c1cc(F)c(F)cc1C1CC1. The monoisotopic (exact) mass is 391 g/mol. The Morgan fingerprint density at radius 3 is 2.78 bits per heavy atom. The minimum Gasteiger partial charge on any atom is -0.353 e. The van der Waals surface area contributed by atoms with Crippen molar-refractivity contribution in [2.75, 3.05) is 11.5 Å². The highest BCUT2D eigenvalue weighted by molar-refractivity contribution is 7.99. The third-order valence-corrected chi connectivity index (χ3v) is 5.84. The fourth-order valence-corrected chi connectivity index (χ4v) is 4.26. The van der Waals surface area contributed by atoms with Gasteiger partial charge >= 0.3 is 16.6 Å². The molecule has 0 spiro atoms.